The highest BCUT2D eigenvalue weighted by atomic mass is 127. The summed E-state index contributed by atoms with van der Waals surface area (Å²) in [5, 5.41) is 0. The van der Waals surface area contributed by atoms with Crippen molar-refractivity contribution in [1.29, 1.82) is 0 Å². The molecule has 0 spiro atoms. The second kappa shape index (κ2) is 7.97. The van der Waals surface area contributed by atoms with E-state index in [2.05, 4.69) is 50.1 Å². The first-order valence-corrected chi connectivity index (χ1v) is 9.26. The van der Waals surface area contributed by atoms with Gasteiger partial charge in [0.15, 0.2) is 5.70 Å². The summed E-state index contributed by atoms with van der Waals surface area (Å²) in [6.45, 7) is 4.04. The summed E-state index contributed by atoms with van der Waals surface area (Å²) in [4.78, 5) is 16.4. The molecule has 0 saturated carbocycles. The van der Waals surface area contributed by atoms with Crippen LogP contribution in [-0.4, -0.2) is 18.5 Å². The Labute approximate surface area is 167 Å². The number of cyclic esters (lactones) is 1. The first kappa shape index (κ1) is 17.9. The highest BCUT2D eigenvalue weighted by Gasteiger charge is 2.24. The smallest absolute Gasteiger partial charge is 0.363 e. The van der Waals surface area contributed by atoms with Gasteiger partial charge in [0, 0.05) is 13.6 Å². The first-order valence-electron chi connectivity index (χ1n) is 7.38. The Morgan fingerprint density at radius 3 is 2.88 bits per heavy atom. The van der Waals surface area contributed by atoms with Crippen molar-refractivity contribution in [2.24, 2.45) is 4.99 Å². The Bertz CT molecular complexity index is 905. The largest absolute Gasteiger partial charge is 0.490 e. The van der Waals surface area contributed by atoms with Crippen LogP contribution in [0, 0.1) is 3.57 Å². The first-order chi connectivity index (χ1) is 12.1. The van der Waals surface area contributed by atoms with E-state index in [0.717, 1.165) is 19.2 Å². The van der Waals surface area contributed by atoms with E-state index in [9.17, 15) is 4.79 Å². The summed E-state index contributed by atoms with van der Waals surface area (Å²) >= 11 is 5.68. The summed E-state index contributed by atoms with van der Waals surface area (Å²) in [6.07, 6.45) is 3.35. The quantitative estimate of drug-likeness (QED) is 0.247. The maximum Gasteiger partial charge on any atom is 0.363 e. The Balaban J connectivity index is 1.88. The Hall–Kier alpha value is -1.93. The number of nitrogens with zero attached hydrogens (tertiary/aromatic N) is 1. The number of halogens is 2. The number of carbonyl (C=O) groups excluding carboxylic acids is 1. The van der Waals surface area contributed by atoms with Gasteiger partial charge in [0.2, 0.25) is 5.90 Å². The van der Waals surface area contributed by atoms with E-state index in [1.807, 2.05) is 42.5 Å². The number of carbonyl (C=O) groups is 1. The number of hydrogen-bond donors (Lipinski definition) is 0. The lowest BCUT2D eigenvalue weighted by molar-refractivity contribution is -0.129. The number of benzene rings is 2. The molecule has 1 aliphatic rings. The molecule has 0 unspecified atom stereocenters. The third-order valence-electron chi connectivity index (χ3n) is 3.32. The molecule has 0 aliphatic carbocycles. The van der Waals surface area contributed by atoms with E-state index in [-0.39, 0.29) is 5.70 Å². The second-order valence-electron chi connectivity index (χ2n) is 5.14. The lowest BCUT2D eigenvalue weighted by atomic mass is 10.2. The van der Waals surface area contributed by atoms with Gasteiger partial charge in [-0.25, -0.2) is 9.79 Å². The molecule has 0 saturated heterocycles. The molecular formula is C19H13BrINO3. The van der Waals surface area contributed by atoms with Crippen LogP contribution in [0.5, 0.6) is 5.75 Å². The van der Waals surface area contributed by atoms with Gasteiger partial charge < -0.3 is 9.47 Å². The molecule has 25 heavy (non-hydrogen) atoms. The third kappa shape index (κ3) is 4.38. The third-order valence-corrected chi connectivity index (χ3v) is 5.65. The molecule has 0 aromatic heterocycles. The van der Waals surface area contributed by atoms with Crippen LogP contribution in [0.1, 0.15) is 11.1 Å². The Morgan fingerprint density at radius 2 is 2.12 bits per heavy atom. The van der Waals surface area contributed by atoms with Gasteiger partial charge in [-0.1, -0.05) is 24.8 Å². The molecule has 2 aromatic rings. The minimum atomic E-state index is -0.470. The number of ether oxygens (including phenoxy) is 2. The SMILES string of the molecule is C=CCOc1cccc(/C=C2\N=C(c3ccc(I)c(Br)c3)OC2=O)c1. The van der Waals surface area contributed by atoms with Crippen molar-refractivity contribution in [1.82, 2.24) is 0 Å². The zero-order chi connectivity index (χ0) is 17.8. The Kier molecular flexibility index (Phi) is 5.70. The van der Waals surface area contributed by atoms with Crippen molar-refractivity contribution < 1.29 is 14.3 Å². The van der Waals surface area contributed by atoms with Gasteiger partial charge in [-0.05, 0) is 80.5 Å². The van der Waals surface area contributed by atoms with Crippen LogP contribution in [0.3, 0.4) is 0 Å². The van der Waals surface area contributed by atoms with E-state index >= 15 is 0 Å². The molecular weight excluding hydrogens is 497 g/mol. The Morgan fingerprint density at radius 1 is 1.28 bits per heavy atom. The molecule has 0 amide bonds. The maximum absolute atomic E-state index is 12.1. The fraction of sp³-hybridized carbons (Fsp3) is 0.0526. The fourth-order valence-corrected chi connectivity index (χ4v) is 2.88. The molecule has 6 heteroatoms. The molecule has 0 atom stereocenters. The van der Waals surface area contributed by atoms with E-state index < -0.39 is 5.97 Å². The molecule has 2 aromatic carbocycles. The van der Waals surface area contributed by atoms with Crippen LogP contribution in [0.15, 0.2) is 70.3 Å². The second-order valence-corrected chi connectivity index (χ2v) is 7.15. The highest BCUT2D eigenvalue weighted by molar-refractivity contribution is 14.1. The van der Waals surface area contributed by atoms with Gasteiger partial charge in [0.25, 0.3) is 0 Å². The van der Waals surface area contributed by atoms with Gasteiger partial charge in [0.05, 0.1) is 0 Å². The predicted octanol–water partition coefficient (Wildman–Crippen LogP) is 4.96. The molecule has 0 bridgehead atoms. The highest BCUT2D eigenvalue weighted by Crippen LogP contribution is 2.25. The maximum atomic E-state index is 12.1. The summed E-state index contributed by atoms with van der Waals surface area (Å²) in [7, 11) is 0. The molecule has 126 valence electrons. The number of rotatable bonds is 5. The van der Waals surface area contributed by atoms with E-state index in [0.29, 0.717) is 18.3 Å². The molecule has 4 nitrogen and oxygen atoms in total. The van der Waals surface area contributed by atoms with Crippen LogP contribution in [-0.2, 0) is 9.53 Å². The van der Waals surface area contributed by atoms with Crippen molar-refractivity contribution in [3.63, 3.8) is 0 Å². The molecule has 3 rings (SSSR count). The molecule has 0 radical (unpaired) electrons. The average Bonchev–Trinajstić information content (AvgIpc) is 2.96. The van der Waals surface area contributed by atoms with E-state index in [1.165, 1.54) is 0 Å². The van der Waals surface area contributed by atoms with Gasteiger partial charge in [0.1, 0.15) is 12.4 Å². The van der Waals surface area contributed by atoms with Crippen molar-refractivity contribution in [3.05, 3.63) is 80.0 Å². The molecule has 1 aliphatic heterocycles. The monoisotopic (exact) mass is 509 g/mol. The molecule has 0 fully saturated rings. The fourth-order valence-electron chi connectivity index (χ4n) is 2.17. The summed E-state index contributed by atoms with van der Waals surface area (Å²) in [5.41, 5.74) is 1.81. The number of esters is 1. The van der Waals surface area contributed by atoms with Crippen LogP contribution in [0.2, 0.25) is 0 Å². The predicted molar refractivity (Wildman–Crippen MR) is 110 cm³/mol. The van der Waals surface area contributed by atoms with Crippen molar-refractivity contribution >= 4 is 56.5 Å². The average molecular weight is 510 g/mol. The van der Waals surface area contributed by atoms with Gasteiger partial charge in [-0.15, -0.1) is 0 Å². The molecule has 0 N–H and O–H groups in total. The summed E-state index contributed by atoms with van der Waals surface area (Å²) in [5.74, 6) is 0.529. The zero-order valence-corrected chi connectivity index (χ0v) is 16.8. The van der Waals surface area contributed by atoms with Crippen molar-refractivity contribution in [3.8, 4) is 5.75 Å². The standard InChI is InChI=1S/C19H13BrINO3/c1-2-8-24-14-5-3-4-12(9-14)10-17-19(23)25-18(22-17)13-6-7-16(21)15(20)11-13/h2-7,9-11H,1,8H2/b17-10-. The minimum absolute atomic E-state index is 0.255. The summed E-state index contributed by atoms with van der Waals surface area (Å²) < 4.78 is 12.8. The minimum Gasteiger partial charge on any atom is -0.490 e. The van der Waals surface area contributed by atoms with Gasteiger partial charge in [-0.2, -0.15) is 0 Å². The van der Waals surface area contributed by atoms with Crippen molar-refractivity contribution in [2.75, 3.05) is 6.61 Å². The van der Waals surface area contributed by atoms with Crippen LogP contribution >= 0.6 is 38.5 Å². The van der Waals surface area contributed by atoms with E-state index in [4.69, 9.17) is 9.47 Å². The van der Waals surface area contributed by atoms with Gasteiger partial charge in [-0.3, -0.25) is 0 Å². The zero-order valence-electron chi connectivity index (χ0n) is 13.0. The van der Waals surface area contributed by atoms with Crippen molar-refractivity contribution in [2.45, 2.75) is 0 Å². The lowest BCUT2D eigenvalue weighted by Crippen LogP contribution is -2.05. The van der Waals surface area contributed by atoms with Gasteiger partial charge >= 0.3 is 5.97 Å². The summed E-state index contributed by atoms with van der Waals surface area (Å²) in [6, 6.07) is 13.1. The number of aliphatic imine (C=N–C) groups is 1. The van der Waals surface area contributed by atoms with Crippen LogP contribution in [0.25, 0.3) is 6.08 Å². The molecule has 1 heterocycles. The number of hydrogen-bond acceptors (Lipinski definition) is 4. The lowest BCUT2D eigenvalue weighted by Gasteiger charge is -2.03. The van der Waals surface area contributed by atoms with Crippen LogP contribution in [0.4, 0.5) is 0 Å². The van der Waals surface area contributed by atoms with Crippen LogP contribution < -0.4 is 4.74 Å². The van der Waals surface area contributed by atoms with E-state index in [1.54, 1.807) is 12.2 Å². The topological polar surface area (TPSA) is 47.9 Å². The normalized spacial score (nSPS) is 15.0.